The molecule has 8 heteroatoms. The van der Waals surface area contributed by atoms with E-state index >= 15 is 0 Å². The van der Waals surface area contributed by atoms with Crippen molar-refractivity contribution in [3.8, 4) is 0 Å². The molecule has 0 spiro atoms. The number of hydrogen-bond acceptors (Lipinski definition) is 8. The Morgan fingerprint density at radius 3 is 2.38 bits per heavy atom. The first-order valence-corrected chi connectivity index (χ1v) is 13.8. The van der Waals surface area contributed by atoms with E-state index in [0.717, 1.165) is 38.5 Å². The van der Waals surface area contributed by atoms with Crippen LogP contribution in [0.1, 0.15) is 86.5 Å². The molecule has 1 N–H and O–H groups in total. The Morgan fingerprint density at radius 2 is 1.73 bits per heavy atom. The number of rotatable bonds is 7. The van der Waals surface area contributed by atoms with Gasteiger partial charge < -0.3 is 28.8 Å². The molecule has 2 heterocycles. The van der Waals surface area contributed by atoms with Crippen LogP contribution in [-0.4, -0.2) is 66.1 Å². The molecule has 37 heavy (non-hydrogen) atoms. The lowest BCUT2D eigenvalue weighted by atomic mass is 9.44. The molecule has 0 amide bonds. The SMILES string of the molecule is C=C[C@]1(C)CC[C@@H]2[C@@]3(C)CCC[C@](C)(CO[C@@H]4O[C@@H](COC(C)=O)[C@H](O)[C@H]4OC(C)=O)[C@@H]3CC[C@@]2(C)O1. The van der Waals surface area contributed by atoms with Crippen LogP contribution >= 0.6 is 0 Å². The highest BCUT2D eigenvalue weighted by Crippen LogP contribution is 2.65. The van der Waals surface area contributed by atoms with E-state index in [0.29, 0.717) is 18.4 Å². The van der Waals surface area contributed by atoms with Gasteiger partial charge in [-0.15, -0.1) is 6.58 Å². The van der Waals surface area contributed by atoms with E-state index in [1.54, 1.807) is 0 Å². The molecule has 2 aliphatic heterocycles. The molecule has 2 saturated heterocycles. The minimum Gasteiger partial charge on any atom is -0.463 e. The van der Waals surface area contributed by atoms with E-state index < -0.39 is 36.5 Å². The van der Waals surface area contributed by atoms with Crippen molar-refractivity contribution in [1.29, 1.82) is 0 Å². The van der Waals surface area contributed by atoms with Gasteiger partial charge in [0, 0.05) is 13.8 Å². The second kappa shape index (κ2) is 10.2. The van der Waals surface area contributed by atoms with Crippen molar-refractivity contribution in [2.75, 3.05) is 13.2 Å². The summed E-state index contributed by atoms with van der Waals surface area (Å²) in [5, 5.41) is 10.7. The number of hydrogen-bond donors (Lipinski definition) is 1. The molecule has 4 aliphatic rings. The molecule has 0 radical (unpaired) electrons. The predicted molar refractivity (Wildman–Crippen MR) is 136 cm³/mol. The van der Waals surface area contributed by atoms with Gasteiger partial charge in [0.1, 0.15) is 18.8 Å². The van der Waals surface area contributed by atoms with Gasteiger partial charge in [-0.3, -0.25) is 9.59 Å². The third-order valence-corrected chi connectivity index (χ3v) is 10.0. The summed E-state index contributed by atoms with van der Waals surface area (Å²) < 4.78 is 29.4. The maximum absolute atomic E-state index is 11.7. The first-order valence-electron chi connectivity index (χ1n) is 13.8. The van der Waals surface area contributed by atoms with Crippen LogP contribution in [0.5, 0.6) is 0 Å². The van der Waals surface area contributed by atoms with Crippen LogP contribution < -0.4 is 0 Å². The zero-order valence-corrected chi connectivity index (χ0v) is 23.4. The zero-order chi connectivity index (χ0) is 27.2. The average Bonchev–Trinajstić information content (AvgIpc) is 3.09. The Balaban J connectivity index is 1.49. The quantitative estimate of drug-likeness (QED) is 0.390. The summed E-state index contributed by atoms with van der Waals surface area (Å²) in [6.45, 7) is 16.1. The van der Waals surface area contributed by atoms with E-state index in [1.807, 2.05) is 6.08 Å². The Morgan fingerprint density at radius 1 is 1.03 bits per heavy atom. The van der Waals surface area contributed by atoms with Crippen molar-refractivity contribution >= 4 is 11.9 Å². The van der Waals surface area contributed by atoms with Crippen molar-refractivity contribution in [3.05, 3.63) is 12.7 Å². The number of aliphatic hydroxyl groups is 1. The van der Waals surface area contributed by atoms with Crippen LogP contribution in [0.15, 0.2) is 12.7 Å². The van der Waals surface area contributed by atoms with E-state index in [-0.39, 0.29) is 28.6 Å². The molecule has 2 aliphatic carbocycles. The lowest BCUT2D eigenvalue weighted by molar-refractivity contribution is -0.264. The van der Waals surface area contributed by atoms with Gasteiger partial charge >= 0.3 is 11.9 Å². The minimum atomic E-state index is -1.15. The smallest absolute Gasteiger partial charge is 0.303 e. The molecular formula is C29H46O8. The maximum atomic E-state index is 11.7. The second-order valence-electron chi connectivity index (χ2n) is 12.8. The van der Waals surface area contributed by atoms with E-state index in [2.05, 4.69) is 34.3 Å². The third-order valence-electron chi connectivity index (χ3n) is 10.0. The van der Waals surface area contributed by atoms with E-state index in [4.69, 9.17) is 23.7 Å². The molecule has 4 fully saturated rings. The summed E-state index contributed by atoms with van der Waals surface area (Å²) in [5.74, 6) is -0.0967. The predicted octanol–water partition coefficient (Wildman–Crippen LogP) is 4.32. The fraction of sp³-hybridized carbons (Fsp3) is 0.862. The zero-order valence-electron chi connectivity index (χ0n) is 23.4. The highest BCUT2D eigenvalue weighted by Gasteiger charge is 2.62. The molecule has 210 valence electrons. The number of aliphatic hydroxyl groups excluding tert-OH is 1. The molecule has 8 nitrogen and oxygen atoms in total. The van der Waals surface area contributed by atoms with Gasteiger partial charge in [-0.2, -0.15) is 0 Å². The lowest BCUT2D eigenvalue weighted by Gasteiger charge is -2.65. The van der Waals surface area contributed by atoms with Crippen molar-refractivity contribution in [2.24, 2.45) is 22.7 Å². The largest absolute Gasteiger partial charge is 0.463 e. The molecule has 0 bridgehead atoms. The first-order chi connectivity index (χ1) is 17.3. The number of ether oxygens (including phenoxy) is 5. The van der Waals surface area contributed by atoms with Gasteiger partial charge in [-0.05, 0) is 75.0 Å². The highest BCUT2D eigenvalue weighted by molar-refractivity contribution is 5.66. The van der Waals surface area contributed by atoms with Crippen LogP contribution in [-0.2, 0) is 33.3 Å². The van der Waals surface area contributed by atoms with Crippen molar-refractivity contribution in [2.45, 2.75) is 122 Å². The number of fused-ring (bicyclic) bond motifs is 3. The topological polar surface area (TPSA) is 101 Å². The second-order valence-corrected chi connectivity index (χ2v) is 12.8. The van der Waals surface area contributed by atoms with Gasteiger partial charge in [-0.25, -0.2) is 0 Å². The van der Waals surface area contributed by atoms with Crippen LogP contribution in [0.4, 0.5) is 0 Å². The Bertz CT molecular complexity index is 891. The monoisotopic (exact) mass is 522 g/mol. The molecule has 0 unspecified atom stereocenters. The van der Waals surface area contributed by atoms with Gasteiger partial charge in [0.05, 0.1) is 17.8 Å². The van der Waals surface area contributed by atoms with Crippen molar-refractivity contribution in [3.63, 3.8) is 0 Å². The van der Waals surface area contributed by atoms with Crippen LogP contribution in [0.2, 0.25) is 0 Å². The summed E-state index contributed by atoms with van der Waals surface area (Å²) in [5.41, 5.74) is -0.426. The van der Waals surface area contributed by atoms with Crippen LogP contribution in [0, 0.1) is 22.7 Å². The Kier molecular flexibility index (Phi) is 7.90. The van der Waals surface area contributed by atoms with Gasteiger partial charge in [0.25, 0.3) is 0 Å². The number of carbonyl (C=O) groups is 2. The lowest BCUT2D eigenvalue weighted by Crippen LogP contribution is -2.63. The fourth-order valence-electron chi connectivity index (χ4n) is 8.27. The normalized spacial score (nSPS) is 47.4. The third kappa shape index (κ3) is 5.36. The molecule has 0 aromatic rings. The average molecular weight is 523 g/mol. The molecule has 2 saturated carbocycles. The van der Waals surface area contributed by atoms with Crippen molar-refractivity contribution in [1.82, 2.24) is 0 Å². The molecule has 10 atom stereocenters. The molecular weight excluding hydrogens is 476 g/mol. The van der Waals surface area contributed by atoms with E-state index in [9.17, 15) is 14.7 Å². The van der Waals surface area contributed by atoms with Gasteiger partial charge in [0.15, 0.2) is 12.4 Å². The number of carbonyl (C=O) groups excluding carboxylic acids is 2. The van der Waals surface area contributed by atoms with Gasteiger partial charge in [-0.1, -0.05) is 26.3 Å². The Labute approximate surface area is 221 Å². The Hall–Kier alpha value is -1.48. The standard InChI is InChI=1S/C29H46O8/c1-8-27(5)14-10-22-28(6)13-9-12-26(4,21(28)11-15-29(22,7)37-27)17-34-25-24(35-19(3)31)23(32)20(36-25)16-33-18(2)30/h8,20-25,32H,1,9-17H2,2-7H3/t20-,21-,22+,23-,24+,25+,26+,27+,28-,29+/m0/s1. The highest BCUT2D eigenvalue weighted by atomic mass is 16.7. The van der Waals surface area contributed by atoms with Crippen LogP contribution in [0.25, 0.3) is 0 Å². The fourth-order valence-corrected chi connectivity index (χ4v) is 8.27. The molecule has 0 aromatic carbocycles. The maximum Gasteiger partial charge on any atom is 0.303 e. The first kappa shape index (κ1) is 28.5. The summed E-state index contributed by atoms with van der Waals surface area (Å²) in [6.07, 6.45) is 5.54. The van der Waals surface area contributed by atoms with Crippen molar-refractivity contribution < 1.29 is 38.4 Å². The van der Waals surface area contributed by atoms with E-state index in [1.165, 1.54) is 20.3 Å². The minimum absolute atomic E-state index is 0.101. The summed E-state index contributed by atoms with van der Waals surface area (Å²) >= 11 is 0. The van der Waals surface area contributed by atoms with Crippen LogP contribution in [0.3, 0.4) is 0 Å². The van der Waals surface area contributed by atoms with Gasteiger partial charge in [0.2, 0.25) is 0 Å². The molecule has 0 aromatic heterocycles. The summed E-state index contributed by atoms with van der Waals surface area (Å²) in [7, 11) is 0. The summed E-state index contributed by atoms with van der Waals surface area (Å²) in [6, 6.07) is 0. The number of esters is 2. The summed E-state index contributed by atoms with van der Waals surface area (Å²) in [4.78, 5) is 23.0. The molecule has 4 rings (SSSR count).